The molecule has 0 atom stereocenters. The van der Waals surface area contributed by atoms with Crippen LogP contribution in [0.1, 0.15) is 11.5 Å². The SMILES string of the molecule is Cc1oc(-c2ccccc2)nc1CC(=O)N1CCN(c2ccccc2Cl)CC1. The molecular formula is C22H22ClN3O2. The van der Waals surface area contributed by atoms with Gasteiger partial charge in [0.25, 0.3) is 0 Å². The predicted octanol–water partition coefficient (Wildman–Crippen LogP) is 4.19. The van der Waals surface area contributed by atoms with Crippen molar-refractivity contribution in [2.45, 2.75) is 13.3 Å². The van der Waals surface area contributed by atoms with Crippen LogP contribution in [-0.4, -0.2) is 42.0 Å². The first-order valence-electron chi connectivity index (χ1n) is 9.41. The third kappa shape index (κ3) is 3.90. The molecule has 0 bridgehead atoms. The Morgan fingerprint density at radius 3 is 2.43 bits per heavy atom. The summed E-state index contributed by atoms with van der Waals surface area (Å²) in [7, 11) is 0. The molecule has 1 aliphatic rings. The van der Waals surface area contributed by atoms with Crippen molar-refractivity contribution >= 4 is 23.2 Å². The second-order valence-electron chi connectivity index (χ2n) is 6.88. The molecule has 0 aliphatic carbocycles. The van der Waals surface area contributed by atoms with Gasteiger partial charge in [0, 0.05) is 31.7 Å². The number of para-hydroxylation sites is 1. The molecule has 0 radical (unpaired) electrons. The first-order valence-corrected chi connectivity index (χ1v) is 9.78. The smallest absolute Gasteiger partial charge is 0.228 e. The molecule has 1 aliphatic heterocycles. The number of aryl methyl sites for hydroxylation is 1. The fraction of sp³-hybridized carbons (Fsp3) is 0.273. The minimum Gasteiger partial charge on any atom is -0.441 e. The fourth-order valence-electron chi connectivity index (χ4n) is 3.46. The zero-order valence-electron chi connectivity index (χ0n) is 15.8. The van der Waals surface area contributed by atoms with Crippen molar-refractivity contribution in [3.63, 3.8) is 0 Å². The number of hydrogen-bond acceptors (Lipinski definition) is 4. The van der Waals surface area contributed by atoms with E-state index in [1.165, 1.54) is 0 Å². The number of oxazole rings is 1. The van der Waals surface area contributed by atoms with Crippen molar-refractivity contribution in [1.29, 1.82) is 0 Å². The molecule has 5 nitrogen and oxygen atoms in total. The Morgan fingerprint density at radius 2 is 1.71 bits per heavy atom. The Bertz CT molecular complexity index is 963. The van der Waals surface area contributed by atoms with Gasteiger partial charge in [-0.05, 0) is 31.2 Å². The quantitative estimate of drug-likeness (QED) is 0.664. The highest BCUT2D eigenvalue weighted by molar-refractivity contribution is 6.33. The summed E-state index contributed by atoms with van der Waals surface area (Å²) in [5.41, 5.74) is 2.64. The van der Waals surface area contributed by atoms with Crippen molar-refractivity contribution in [1.82, 2.24) is 9.88 Å². The van der Waals surface area contributed by atoms with E-state index in [1.54, 1.807) is 0 Å². The largest absolute Gasteiger partial charge is 0.441 e. The fourth-order valence-corrected chi connectivity index (χ4v) is 3.71. The lowest BCUT2D eigenvalue weighted by molar-refractivity contribution is -0.130. The number of amides is 1. The first-order chi connectivity index (χ1) is 13.6. The second-order valence-corrected chi connectivity index (χ2v) is 7.29. The number of hydrogen-bond donors (Lipinski definition) is 0. The number of carbonyl (C=O) groups is 1. The van der Waals surface area contributed by atoms with Crippen molar-refractivity contribution in [2.75, 3.05) is 31.1 Å². The molecular weight excluding hydrogens is 374 g/mol. The van der Waals surface area contributed by atoms with Gasteiger partial charge < -0.3 is 14.2 Å². The van der Waals surface area contributed by atoms with Crippen LogP contribution in [0.25, 0.3) is 11.5 Å². The minimum absolute atomic E-state index is 0.0785. The highest BCUT2D eigenvalue weighted by Crippen LogP contribution is 2.26. The Kier molecular flexibility index (Phi) is 5.35. The van der Waals surface area contributed by atoms with Gasteiger partial charge in [-0.15, -0.1) is 0 Å². The number of nitrogens with zero attached hydrogens (tertiary/aromatic N) is 3. The lowest BCUT2D eigenvalue weighted by Gasteiger charge is -2.36. The first kappa shape index (κ1) is 18.6. The van der Waals surface area contributed by atoms with E-state index in [-0.39, 0.29) is 12.3 Å². The molecule has 2 aromatic carbocycles. The number of carbonyl (C=O) groups excluding carboxylic acids is 1. The van der Waals surface area contributed by atoms with Gasteiger partial charge in [-0.3, -0.25) is 4.79 Å². The minimum atomic E-state index is 0.0785. The van der Waals surface area contributed by atoms with E-state index in [1.807, 2.05) is 66.4 Å². The van der Waals surface area contributed by atoms with Gasteiger partial charge in [0.1, 0.15) is 5.76 Å². The Balaban J connectivity index is 1.39. The molecule has 0 spiro atoms. The van der Waals surface area contributed by atoms with E-state index in [4.69, 9.17) is 16.0 Å². The van der Waals surface area contributed by atoms with E-state index in [9.17, 15) is 4.79 Å². The molecule has 0 unspecified atom stereocenters. The summed E-state index contributed by atoms with van der Waals surface area (Å²) in [6, 6.07) is 17.6. The highest BCUT2D eigenvalue weighted by Gasteiger charge is 2.24. The number of anilines is 1. The molecule has 144 valence electrons. The van der Waals surface area contributed by atoms with Crippen LogP contribution in [0, 0.1) is 6.92 Å². The van der Waals surface area contributed by atoms with Crippen LogP contribution >= 0.6 is 11.6 Å². The summed E-state index contributed by atoms with van der Waals surface area (Å²) in [5.74, 6) is 1.33. The zero-order valence-corrected chi connectivity index (χ0v) is 16.5. The predicted molar refractivity (Wildman–Crippen MR) is 111 cm³/mol. The molecule has 1 saturated heterocycles. The van der Waals surface area contributed by atoms with Crippen LogP contribution in [-0.2, 0) is 11.2 Å². The van der Waals surface area contributed by atoms with Crippen molar-refractivity contribution in [3.8, 4) is 11.5 Å². The summed E-state index contributed by atoms with van der Waals surface area (Å²) < 4.78 is 5.77. The molecule has 1 aromatic heterocycles. The Morgan fingerprint density at radius 1 is 1.04 bits per heavy atom. The van der Waals surface area contributed by atoms with Gasteiger partial charge in [-0.1, -0.05) is 41.9 Å². The average Bonchev–Trinajstić information content (AvgIpc) is 3.09. The van der Waals surface area contributed by atoms with Gasteiger partial charge >= 0.3 is 0 Å². The Labute approximate surface area is 169 Å². The maximum Gasteiger partial charge on any atom is 0.228 e. The molecule has 3 aromatic rings. The average molecular weight is 396 g/mol. The number of benzene rings is 2. The van der Waals surface area contributed by atoms with Crippen molar-refractivity contribution in [3.05, 3.63) is 71.1 Å². The van der Waals surface area contributed by atoms with Crippen LogP contribution in [0.3, 0.4) is 0 Å². The molecule has 28 heavy (non-hydrogen) atoms. The Hall–Kier alpha value is -2.79. The van der Waals surface area contributed by atoms with Gasteiger partial charge in [-0.2, -0.15) is 0 Å². The normalized spacial score (nSPS) is 14.4. The lowest BCUT2D eigenvalue weighted by atomic mass is 10.2. The van der Waals surface area contributed by atoms with Crippen molar-refractivity contribution < 1.29 is 9.21 Å². The number of piperazine rings is 1. The summed E-state index contributed by atoms with van der Waals surface area (Å²) in [6.07, 6.45) is 0.258. The number of aromatic nitrogens is 1. The molecule has 4 rings (SSSR count). The number of halogens is 1. The molecule has 2 heterocycles. The maximum absolute atomic E-state index is 12.8. The summed E-state index contributed by atoms with van der Waals surface area (Å²) >= 11 is 6.29. The van der Waals surface area contributed by atoms with Crippen LogP contribution in [0.4, 0.5) is 5.69 Å². The van der Waals surface area contributed by atoms with E-state index in [0.717, 1.165) is 29.4 Å². The monoisotopic (exact) mass is 395 g/mol. The van der Waals surface area contributed by atoms with Crippen LogP contribution in [0.2, 0.25) is 5.02 Å². The van der Waals surface area contributed by atoms with E-state index in [0.29, 0.717) is 30.4 Å². The standard InChI is InChI=1S/C22H22ClN3O2/c1-16-19(24-22(28-16)17-7-3-2-4-8-17)15-21(27)26-13-11-25(12-14-26)20-10-6-5-9-18(20)23/h2-10H,11-15H2,1H3. The number of rotatable bonds is 4. The molecule has 6 heteroatoms. The van der Waals surface area contributed by atoms with Crippen molar-refractivity contribution in [2.24, 2.45) is 0 Å². The van der Waals surface area contributed by atoms with E-state index in [2.05, 4.69) is 9.88 Å². The maximum atomic E-state index is 12.8. The molecule has 1 amide bonds. The second kappa shape index (κ2) is 8.07. The summed E-state index contributed by atoms with van der Waals surface area (Å²) in [6.45, 7) is 4.74. The van der Waals surface area contributed by atoms with Gasteiger partial charge in [0.15, 0.2) is 0 Å². The van der Waals surface area contributed by atoms with Gasteiger partial charge in [-0.25, -0.2) is 4.98 Å². The van der Waals surface area contributed by atoms with E-state index < -0.39 is 0 Å². The highest BCUT2D eigenvalue weighted by atomic mass is 35.5. The van der Waals surface area contributed by atoms with E-state index >= 15 is 0 Å². The van der Waals surface area contributed by atoms with Crippen LogP contribution in [0.15, 0.2) is 59.0 Å². The summed E-state index contributed by atoms with van der Waals surface area (Å²) in [4.78, 5) is 21.4. The topological polar surface area (TPSA) is 49.6 Å². The summed E-state index contributed by atoms with van der Waals surface area (Å²) in [5, 5.41) is 0.744. The third-order valence-electron chi connectivity index (χ3n) is 5.06. The van der Waals surface area contributed by atoms with Crippen LogP contribution in [0.5, 0.6) is 0 Å². The lowest BCUT2D eigenvalue weighted by Crippen LogP contribution is -2.49. The molecule has 0 saturated carbocycles. The molecule has 0 N–H and O–H groups in total. The van der Waals surface area contributed by atoms with Gasteiger partial charge in [0.2, 0.25) is 11.8 Å². The van der Waals surface area contributed by atoms with Gasteiger partial charge in [0.05, 0.1) is 22.8 Å². The third-order valence-corrected chi connectivity index (χ3v) is 5.38. The van der Waals surface area contributed by atoms with Crippen LogP contribution < -0.4 is 4.90 Å². The zero-order chi connectivity index (χ0) is 19.5. The molecule has 1 fully saturated rings.